The van der Waals surface area contributed by atoms with Gasteiger partial charge in [0.2, 0.25) is 0 Å². The number of ether oxygens (including phenoxy) is 2. The summed E-state index contributed by atoms with van der Waals surface area (Å²) in [6.07, 6.45) is 0. The molecule has 1 fully saturated rings. The van der Waals surface area contributed by atoms with Crippen LogP contribution < -0.4 is 14.4 Å². The van der Waals surface area contributed by atoms with Crippen molar-refractivity contribution < 1.29 is 24.2 Å². The molecule has 0 aliphatic carbocycles. The summed E-state index contributed by atoms with van der Waals surface area (Å²) in [5.41, 5.74) is 2.09. The molecule has 4 rings (SSSR count). The van der Waals surface area contributed by atoms with Crippen LogP contribution in [-0.4, -0.2) is 31.0 Å². The van der Waals surface area contributed by atoms with Gasteiger partial charge in [-0.3, -0.25) is 14.5 Å². The summed E-state index contributed by atoms with van der Waals surface area (Å²) in [5, 5.41) is 12.0. The van der Waals surface area contributed by atoms with E-state index >= 15 is 0 Å². The van der Waals surface area contributed by atoms with Gasteiger partial charge in [-0.1, -0.05) is 59.1 Å². The Labute approximate surface area is 206 Å². The van der Waals surface area contributed by atoms with E-state index in [2.05, 4.69) is 0 Å². The number of rotatable bonds is 5. The number of nitrogens with zero attached hydrogens (tertiary/aromatic N) is 1. The number of amides is 1. The van der Waals surface area contributed by atoms with Gasteiger partial charge in [0.1, 0.15) is 17.3 Å². The fraction of sp³-hybridized carbons (Fsp3) is 0.154. The summed E-state index contributed by atoms with van der Waals surface area (Å²) < 4.78 is 10.6. The second kappa shape index (κ2) is 9.41. The van der Waals surface area contributed by atoms with Gasteiger partial charge < -0.3 is 14.6 Å². The molecule has 1 aliphatic rings. The molecule has 0 radical (unpaired) electrons. The molecule has 1 aliphatic heterocycles. The van der Waals surface area contributed by atoms with E-state index in [1.165, 1.54) is 31.3 Å². The van der Waals surface area contributed by atoms with Crippen LogP contribution in [0.1, 0.15) is 22.7 Å². The number of carbonyl (C=O) groups is 2. The quantitative estimate of drug-likeness (QED) is 0.268. The van der Waals surface area contributed by atoms with Crippen LogP contribution in [0.15, 0.2) is 66.2 Å². The molecule has 0 aromatic heterocycles. The normalized spacial score (nSPS) is 17.2. The number of aliphatic hydroxyl groups excluding tert-OH is 1. The smallest absolute Gasteiger partial charge is 0.300 e. The number of ketones is 1. The fourth-order valence-electron chi connectivity index (χ4n) is 4.07. The number of methoxy groups -OCH3 is 2. The predicted molar refractivity (Wildman–Crippen MR) is 132 cm³/mol. The first-order valence-corrected chi connectivity index (χ1v) is 11.1. The molecule has 1 N–H and O–H groups in total. The van der Waals surface area contributed by atoms with Crippen molar-refractivity contribution in [1.29, 1.82) is 0 Å². The Balaban J connectivity index is 2.00. The molecule has 6 nitrogen and oxygen atoms in total. The fourth-order valence-corrected chi connectivity index (χ4v) is 4.50. The summed E-state index contributed by atoms with van der Waals surface area (Å²) >= 11 is 12.5. The molecular weight excluding hydrogens is 477 g/mol. The molecule has 3 aromatic carbocycles. The zero-order chi connectivity index (χ0) is 24.6. The highest BCUT2D eigenvalue weighted by molar-refractivity contribution is 6.52. The average Bonchev–Trinajstić information content (AvgIpc) is 3.09. The minimum Gasteiger partial charge on any atom is -0.507 e. The van der Waals surface area contributed by atoms with E-state index in [0.29, 0.717) is 22.0 Å². The standard InChI is InChI=1S/C26H21Cl2NO5/c1-14-6-4-7-15(10-14)23-22(24(30)18-12-19(28)21(34-3)13-20(18)33-2)25(31)26(32)29(23)17-9-5-8-16(27)11-17/h4-13,23,30H,1-3H3/b24-22+. The molecule has 0 spiro atoms. The minimum atomic E-state index is -0.899. The number of aryl methyl sites for hydroxylation is 1. The van der Waals surface area contributed by atoms with Gasteiger partial charge in [0.15, 0.2) is 0 Å². The molecule has 1 heterocycles. The third-order valence-electron chi connectivity index (χ3n) is 5.62. The maximum absolute atomic E-state index is 13.3. The lowest BCUT2D eigenvalue weighted by molar-refractivity contribution is -0.132. The highest BCUT2D eigenvalue weighted by Crippen LogP contribution is 2.45. The number of halogens is 2. The number of aliphatic hydroxyl groups is 1. The Morgan fingerprint density at radius 3 is 2.29 bits per heavy atom. The van der Waals surface area contributed by atoms with Crippen LogP contribution in [0.2, 0.25) is 10.0 Å². The summed E-state index contributed by atoms with van der Waals surface area (Å²) in [7, 11) is 2.87. The zero-order valence-electron chi connectivity index (χ0n) is 18.6. The van der Waals surface area contributed by atoms with E-state index < -0.39 is 23.5 Å². The van der Waals surface area contributed by atoms with Crippen molar-refractivity contribution in [2.45, 2.75) is 13.0 Å². The van der Waals surface area contributed by atoms with Crippen LogP contribution in [-0.2, 0) is 9.59 Å². The Hall–Kier alpha value is -3.48. The SMILES string of the molecule is COc1cc(OC)c(/C(O)=C2\C(=O)C(=O)N(c3cccc(Cl)c3)C2c2cccc(C)c2)cc1Cl. The van der Waals surface area contributed by atoms with Crippen LogP contribution >= 0.6 is 23.2 Å². The van der Waals surface area contributed by atoms with E-state index in [0.717, 1.165) is 5.56 Å². The van der Waals surface area contributed by atoms with Gasteiger partial charge in [-0.25, -0.2) is 0 Å². The number of Topliss-reactive ketones (excluding diaryl/α,β-unsaturated/α-hetero) is 1. The Morgan fingerprint density at radius 2 is 1.65 bits per heavy atom. The maximum atomic E-state index is 13.3. The highest BCUT2D eigenvalue weighted by Gasteiger charge is 2.47. The molecule has 1 saturated heterocycles. The topological polar surface area (TPSA) is 76.1 Å². The predicted octanol–water partition coefficient (Wildman–Crippen LogP) is 5.95. The van der Waals surface area contributed by atoms with Crippen LogP contribution in [0, 0.1) is 6.92 Å². The lowest BCUT2D eigenvalue weighted by Gasteiger charge is -2.26. The molecule has 1 amide bonds. The number of anilines is 1. The van der Waals surface area contributed by atoms with Gasteiger partial charge in [0.25, 0.3) is 11.7 Å². The Morgan fingerprint density at radius 1 is 0.941 bits per heavy atom. The van der Waals surface area contributed by atoms with Crippen molar-refractivity contribution in [3.8, 4) is 11.5 Å². The summed E-state index contributed by atoms with van der Waals surface area (Å²) in [6, 6.07) is 16.1. The number of hydrogen-bond acceptors (Lipinski definition) is 5. The third kappa shape index (κ3) is 4.11. The van der Waals surface area contributed by atoms with Crippen molar-refractivity contribution in [2.24, 2.45) is 0 Å². The van der Waals surface area contributed by atoms with Crippen LogP contribution in [0.5, 0.6) is 11.5 Å². The van der Waals surface area contributed by atoms with Crippen LogP contribution in [0.25, 0.3) is 5.76 Å². The molecule has 174 valence electrons. The van der Waals surface area contributed by atoms with E-state index in [-0.39, 0.29) is 21.9 Å². The van der Waals surface area contributed by atoms with E-state index in [4.69, 9.17) is 32.7 Å². The molecule has 1 unspecified atom stereocenters. The van der Waals surface area contributed by atoms with Gasteiger partial charge in [-0.05, 0) is 36.8 Å². The highest BCUT2D eigenvalue weighted by atomic mass is 35.5. The molecule has 8 heteroatoms. The van der Waals surface area contributed by atoms with E-state index in [1.54, 1.807) is 30.3 Å². The summed E-state index contributed by atoms with van der Waals surface area (Å²) in [5.74, 6) is -1.46. The van der Waals surface area contributed by atoms with Gasteiger partial charge in [-0.2, -0.15) is 0 Å². The molecule has 1 atom stereocenters. The number of carbonyl (C=O) groups excluding carboxylic acids is 2. The largest absolute Gasteiger partial charge is 0.507 e. The van der Waals surface area contributed by atoms with Crippen molar-refractivity contribution in [1.82, 2.24) is 0 Å². The molecule has 3 aromatic rings. The van der Waals surface area contributed by atoms with Crippen LogP contribution in [0.4, 0.5) is 5.69 Å². The van der Waals surface area contributed by atoms with E-state index in [9.17, 15) is 14.7 Å². The second-order valence-electron chi connectivity index (χ2n) is 7.75. The minimum absolute atomic E-state index is 0.0879. The zero-order valence-corrected chi connectivity index (χ0v) is 20.1. The first-order chi connectivity index (χ1) is 16.3. The Kier molecular flexibility index (Phi) is 6.55. The van der Waals surface area contributed by atoms with Gasteiger partial charge in [0.05, 0.1) is 36.4 Å². The van der Waals surface area contributed by atoms with E-state index in [1.807, 2.05) is 25.1 Å². The second-order valence-corrected chi connectivity index (χ2v) is 8.59. The summed E-state index contributed by atoms with van der Waals surface area (Å²) in [6.45, 7) is 1.90. The van der Waals surface area contributed by atoms with Crippen molar-refractivity contribution in [3.63, 3.8) is 0 Å². The first kappa shape index (κ1) is 23.7. The van der Waals surface area contributed by atoms with Gasteiger partial charge >= 0.3 is 0 Å². The first-order valence-electron chi connectivity index (χ1n) is 10.3. The summed E-state index contributed by atoms with van der Waals surface area (Å²) in [4.78, 5) is 27.9. The van der Waals surface area contributed by atoms with Crippen LogP contribution in [0.3, 0.4) is 0 Å². The van der Waals surface area contributed by atoms with Crippen molar-refractivity contribution >= 4 is 46.3 Å². The average molecular weight is 498 g/mol. The lowest BCUT2D eigenvalue weighted by Crippen LogP contribution is -2.29. The maximum Gasteiger partial charge on any atom is 0.300 e. The monoisotopic (exact) mass is 497 g/mol. The van der Waals surface area contributed by atoms with Gasteiger partial charge in [-0.15, -0.1) is 0 Å². The van der Waals surface area contributed by atoms with Gasteiger partial charge in [0, 0.05) is 16.8 Å². The van der Waals surface area contributed by atoms with Crippen molar-refractivity contribution in [3.05, 3.63) is 93.0 Å². The molecular formula is C26H21Cl2NO5. The number of hydrogen-bond donors (Lipinski definition) is 1. The third-order valence-corrected chi connectivity index (χ3v) is 6.15. The molecule has 34 heavy (non-hydrogen) atoms. The Bertz CT molecular complexity index is 1330. The lowest BCUT2D eigenvalue weighted by atomic mass is 9.94. The number of benzene rings is 3. The molecule has 0 saturated carbocycles. The molecule has 0 bridgehead atoms. The van der Waals surface area contributed by atoms with Crippen molar-refractivity contribution in [2.75, 3.05) is 19.1 Å².